The Labute approximate surface area is 121 Å². The van der Waals surface area contributed by atoms with Gasteiger partial charge in [0.2, 0.25) is 0 Å². The average molecular weight is 330 g/mol. The number of aryl methyl sites for hydroxylation is 1. The van der Waals surface area contributed by atoms with Crippen molar-refractivity contribution in [2.45, 2.75) is 51.0 Å². The fourth-order valence-electron chi connectivity index (χ4n) is 2.56. The third kappa shape index (κ3) is 3.83. The van der Waals surface area contributed by atoms with Gasteiger partial charge in [-0.3, -0.25) is 4.79 Å². The van der Waals surface area contributed by atoms with Gasteiger partial charge in [0.1, 0.15) is 0 Å². The summed E-state index contributed by atoms with van der Waals surface area (Å²) in [5.41, 5.74) is 0.0291. The molecule has 0 aliphatic heterocycles. The van der Waals surface area contributed by atoms with Crippen molar-refractivity contribution in [1.82, 2.24) is 5.32 Å². The molecule has 0 atom stereocenters. The number of nitrogens with one attached hydrogen (secondary N) is 1. The average Bonchev–Trinajstić information content (AvgIpc) is 2.58. The molecule has 0 radical (unpaired) electrons. The maximum Gasteiger partial charge on any atom is 0.287 e. The van der Waals surface area contributed by atoms with Crippen LogP contribution in [0.4, 0.5) is 0 Å². The molecular weight excluding hydrogens is 310 g/mol. The van der Waals surface area contributed by atoms with Crippen molar-refractivity contribution in [3.05, 3.63) is 22.1 Å². The summed E-state index contributed by atoms with van der Waals surface area (Å²) in [4.78, 5) is 12.0. The van der Waals surface area contributed by atoms with E-state index >= 15 is 0 Å². The molecule has 5 heteroatoms. The van der Waals surface area contributed by atoms with Gasteiger partial charge in [-0.2, -0.15) is 0 Å². The smallest absolute Gasteiger partial charge is 0.287 e. The molecule has 0 aromatic carbocycles. The van der Waals surface area contributed by atoms with Crippen molar-refractivity contribution in [3.63, 3.8) is 0 Å². The first-order valence-corrected chi connectivity index (χ1v) is 7.56. The Balaban J connectivity index is 1.94. The normalized spacial score (nSPS) is 18.9. The van der Waals surface area contributed by atoms with Gasteiger partial charge in [0.25, 0.3) is 5.91 Å². The highest BCUT2D eigenvalue weighted by Gasteiger charge is 2.29. The highest BCUT2D eigenvalue weighted by Crippen LogP contribution is 2.26. The molecule has 106 valence electrons. The van der Waals surface area contributed by atoms with Crippen LogP contribution in [-0.4, -0.2) is 23.2 Å². The Bertz CT molecular complexity index is 448. The first kappa shape index (κ1) is 14.6. The Hall–Kier alpha value is -0.810. The van der Waals surface area contributed by atoms with Gasteiger partial charge in [-0.1, -0.05) is 25.7 Å². The van der Waals surface area contributed by atoms with Gasteiger partial charge in [-0.15, -0.1) is 0 Å². The summed E-state index contributed by atoms with van der Waals surface area (Å²) in [7, 11) is 0. The summed E-state index contributed by atoms with van der Waals surface area (Å²) >= 11 is 3.20. The topological polar surface area (TPSA) is 62.5 Å². The summed E-state index contributed by atoms with van der Waals surface area (Å²) in [6, 6.07) is 1.76. The van der Waals surface area contributed by atoms with Crippen molar-refractivity contribution < 1.29 is 14.3 Å². The first-order valence-electron chi connectivity index (χ1n) is 6.77. The van der Waals surface area contributed by atoms with Crippen molar-refractivity contribution in [1.29, 1.82) is 0 Å². The number of furan rings is 1. The lowest BCUT2D eigenvalue weighted by Crippen LogP contribution is -2.42. The number of carbonyl (C=O) groups is 1. The van der Waals surface area contributed by atoms with Crippen molar-refractivity contribution in [2.24, 2.45) is 0 Å². The van der Waals surface area contributed by atoms with Crippen molar-refractivity contribution >= 4 is 21.8 Å². The molecule has 1 aliphatic rings. The summed E-state index contributed by atoms with van der Waals surface area (Å²) in [6.45, 7) is 2.12. The molecule has 0 bridgehead atoms. The van der Waals surface area contributed by atoms with Crippen LogP contribution in [0.15, 0.2) is 15.2 Å². The third-order valence-corrected chi connectivity index (χ3v) is 4.10. The zero-order valence-corrected chi connectivity index (χ0v) is 12.8. The van der Waals surface area contributed by atoms with Gasteiger partial charge in [0.05, 0.1) is 5.60 Å². The monoisotopic (exact) mass is 329 g/mol. The van der Waals surface area contributed by atoms with Crippen molar-refractivity contribution in [3.8, 4) is 0 Å². The second kappa shape index (κ2) is 6.09. The van der Waals surface area contributed by atoms with E-state index in [-0.39, 0.29) is 5.91 Å². The molecule has 2 N–H and O–H groups in total. The van der Waals surface area contributed by atoms with Crippen LogP contribution in [0.25, 0.3) is 0 Å². The SMILES string of the molecule is Cc1cc(Br)oc1C(=O)NCC1(O)CCCCCC1. The molecule has 0 spiro atoms. The van der Waals surface area contributed by atoms with Gasteiger partial charge < -0.3 is 14.8 Å². The molecule has 1 aromatic rings. The second-order valence-electron chi connectivity index (χ2n) is 5.38. The lowest BCUT2D eigenvalue weighted by molar-refractivity contribution is 0.0242. The molecular formula is C14H20BrNO3. The molecule has 0 unspecified atom stereocenters. The highest BCUT2D eigenvalue weighted by molar-refractivity contribution is 9.10. The third-order valence-electron chi connectivity index (χ3n) is 3.71. The van der Waals surface area contributed by atoms with Gasteiger partial charge in [0, 0.05) is 12.1 Å². The van der Waals surface area contributed by atoms with Crippen LogP contribution >= 0.6 is 15.9 Å². The molecule has 1 amide bonds. The Morgan fingerprint density at radius 1 is 1.42 bits per heavy atom. The fraction of sp³-hybridized carbons (Fsp3) is 0.643. The van der Waals surface area contributed by atoms with Gasteiger partial charge in [0.15, 0.2) is 10.4 Å². The van der Waals surface area contributed by atoms with Crippen LogP contribution < -0.4 is 5.32 Å². The maximum atomic E-state index is 12.0. The van der Waals surface area contributed by atoms with E-state index in [0.717, 1.165) is 31.2 Å². The molecule has 1 heterocycles. The number of amides is 1. The predicted octanol–water partition coefficient (Wildman–Crippen LogP) is 3.17. The van der Waals surface area contributed by atoms with Gasteiger partial charge in [-0.05, 0) is 41.8 Å². The molecule has 0 saturated heterocycles. The molecule has 2 rings (SSSR count). The lowest BCUT2D eigenvalue weighted by Gasteiger charge is -2.26. The first-order chi connectivity index (χ1) is 9.00. The van der Waals surface area contributed by atoms with Crippen LogP contribution in [0.3, 0.4) is 0 Å². The minimum Gasteiger partial charge on any atom is -0.444 e. The summed E-state index contributed by atoms with van der Waals surface area (Å²) in [5, 5.41) is 13.3. The van der Waals surface area contributed by atoms with Crippen LogP contribution in [-0.2, 0) is 0 Å². The van der Waals surface area contributed by atoms with Crippen LogP contribution in [0, 0.1) is 6.92 Å². The Morgan fingerprint density at radius 2 is 2.05 bits per heavy atom. The molecule has 1 saturated carbocycles. The summed E-state index contributed by atoms with van der Waals surface area (Å²) < 4.78 is 5.84. The molecule has 19 heavy (non-hydrogen) atoms. The standard InChI is InChI=1S/C14H20BrNO3/c1-10-8-11(15)19-12(10)13(17)16-9-14(18)6-4-2-3-5-7-14/h8,18H,2-7,9H2,1H3,(H,16,17). The van der Waals surface area contributed by atoms with E-state index in [0.29, 0.717) is 17.0 Å². The van der Waals surface area contributed by atoms with E-state index in [2.05, 4.69) is 21.2 Å². The van der Waals surface area contributed by atoms with E-state index in [9.17, 15) is 9.90 Å². The number of hydrogen-bond acceptors (Lipinski definition) is 3. The molecule has 1 aromatic heterocycles. The van der Waals surface area contributed by atoms with Crippen LogP contribution in [0.1, 0.15) is 54.6 Å². The quantitative estimate of drug-likeness (QED) is 0.837. The molecule has 4 nitrogen and oxygen atoms in total. The largest absolute Gasteiger partial charge is 0.444 e. The predicted molar refractivity (Wildman–Crippen MR) is 76.1 cm³/mol. The summed E-state index contributed by atoms with van der Waals surface area (Å²) in [5.74, 6) is 0.0463. The zero-order chi connectivity index (χ0) is 13.9. The maximum absolute atomic E-state index is 12.0. The number of hydrogen-bond donors (Lipinski definition) is 2. The van der Waals surface area contributed by atoms with E-state index in [1.807, 2.05) is 6.92 Å². The number of carbonyl (C=O) groups excluding carboxylic acids is 1. The fourth-order valence-corrected chi connectivity index (χ4v) is 3.06. The number of rotatable bonds is 3. The highest BCUT2D eigenvalue weighted by atomic mass is 79.9. The van der Waals surface area contributed by atoms with E-state index in [1.165, 1.54) is 12.8 Å². The van der Waals surface area contributed by atoms with Crippen LogP contribution in [0.5, 0.6) is 0 Å². The second-order valence-corrected chi connectivity index (χ2v) is 6.17. The minimum absolute atomic E-state index is 0.263. The molecule has 1 aliphatic carbocycles. The molecule has 1 fully saturated rings. The van der Waals surface area contributed by atoms with Gasteiger partial charge >= 0.3 is 0 Å². The van der Waals surface area contributed by atoms with Crippen molar-refractivity contribution in [2.75, 3.05) is 6.54 Å². The Kier molecular flexibility index (Phi) is 4.68. The number of halogens is 1. The number of aliphatic hydroxyl groups is 1. The van der Waals surface area contributed by atoms with Crippen LogP contribution in [0.2, 0.25) is 0 Å². The van der Waals surface area contributed by atoms with E-state index < -0.39 is 5.60 Å². The lowest BCUT2D eigenvalue weighted by atomic mass is 9.94. The Morgan fingerprint density at radius 3 is 2.58 bits per heavy atom. The van der Waals surface area contributed by atoms with E-state index in [4.69, 9.17) is 4.42 Å². The summed E-state index contributed by atoms with van der Waals surface area (Å²) in [6.07, 6.45) is 5.90. The van der Waals surface area contributed by atoms with Gasteiger partial charge in [-0.25, -0.2) is 0 Å². The zero-order valence-electron chi connectivity index (χ0n) is 11.2. The van der Waals surface area contributed by atoms with E-state index in [1.54, 1.807) is 6.07 Å². The minimum atomic E-state index is -0.760.